The molecule has 190 valence electrons. The van der Waals surface area contributed by atoms with Crippen LogP contribution in [-0.2, 0) is 6.42 Å². The van der Waals surface area contributed by atoms with Gasteiger partial charge in [0.25, 0.3) is 5.91 Å². The molecule has 0 aliphatic carbocycles. The molecular formula is C33H32N4O. The van der Waals surface area contributed by atoms with Crippen LogP contribution < -0.4 is 5.43 Å². The summed E-state index contributed by atoms with van der Waals surface area (Å²) in [4.78, 5) is 12.8. The van der Waals surface area contributed by atoms with Crippen LogP contribution in [0, 0.1) is 20.8 Å². The largest absolute Gasteiger partial charge is 0.318 e. The number of hydrogen-bond donors (Lipinski definition) is 1. The quantitative estimate of drug-likeness (QED) is 0.187. The van der Waals surface area contributed by atoms with E-state index in [0.29, 0.717) is 5.56 Å². The van der Waals surface area contributed by atoms with Crippen molar-refractivity contribution in [3.8, 4) is 22.6 Å². The van der Waals surface area contributed by atoms with Crippen molar-refractivity contribution in [1.82, 2.24) is 14.6 Å². The summed E-state index contributed by atoms with van der Waals surface area (Å²) in [5, 5.41) is 4.25. The minimum Gasteiger partial charge on any atom is -0.318 e. The number of rotatable bonds is 7. The second-order valence-electron chi connectivity index (χ2n) is 9.49. The van der Waals surface area contributed by atoms with Crippen molar-refractivity contribution in [3.63, 3.8) is 0 Å². The van der Waals surface area contributed by atoms with E-state index in [-0.39, 0.29) is 5.91 Å². The molecule has 3 aromatic carbocycles. The highest BCUT2D eigenvalue weighted by molar-refractivity contribution is 5.95. The predicted octanol–water partition coefficient (Wildman–Crippen LogP) is 7.19. The Kier molecular flexibility index (Phi) is 7.09. The summed E-state index contributed by atoms with van der Waals surface area (Å²) in [5.74, 6) is -0.246. The molecule has 0 atom stereocenters. The maximum atomic E-state index is 12.8. The molecule has 0 aliphatic heterocycles. The van der Waals surface area contributed by atoms with Gasteiger partial charge in [0, 0.05) is 39.6 Å². The van der Waals surface area contributed by atoms with Gasteiger partial charge in [0.15, 0.2) is 0 Å². The molecule has 38 heavy (non-hydrogen) atoms. The van der Waals surface area contributed by atoms with Crippen LogP contribution in [0.2, 0.25) is 0 Å². The number of aryl methyl sites for hydroxylation is 3. The molecule has 0 saturated carbocycles. The fourth-order valence-corrected chi connectivity index (χ4v) is 4.90. The molecular weight excluding hydrogens is 468 g/mol. The Hall–Kier alpha value is -4.64. The van der Waals surface area contributed by atoms with E-state index < -0.39 is 0 Å². The van der Waals surface area contributed by atoms with E-state index in [9.17, 15) is 4.79 Å². The first-order valence-electron chi connectivity index (χ1n) is 12.9. The molecule has 0 radical (unpaired) electrons. The average molecular weight is 501 g/mol. The van der Waals surface area contributed by atoms with E-state index >= 15 is 0 Å². The number of nitrogens with zero attached hydrogens (tertiary/aromatic N) is 3. The van der Waals surface area contributed by atoms with E-state index in [2.05, 4.69) is 102 Å². The number of aromatic nitrogens is 2. The SMILES string of the molecule is CCc1ccc(-n2c(C)cc(/C=N/NC(=O)c3ccc(-n4c(C)ccc4-c4ccccc4)cc3)c2C)cc1. The maximum Gasteiger partial charge on any atom is 0.271 e. The van der Waals surface area contributed by atoms with Crippen LogP contribution in [0.3, 0.4) is 0 Å². The first-order chi connectivity index (χ1) is 18.5. The smallest absolute Gasteiger partial charge is 0.271 e. The summed E-state index contributed by atoms with van der Waals surface area (Å²) in [6.07, 6.45) is 2.73. The Balaban J connectivity index is 1.30. The van der Waals surface area contributed by atoms with Gasteiger partial charge in [-0.05, 0) is 92.9 Å². The highest BCUT2D eigenvalue weighted by atomic mass is 16.2. The predicted molar refractivity (Wildman–Crippen MR) is 156 cm³/mol. The molecule has 5 heteroatoms. The van der Waals surface area contributed by atoms with Crippen molar-refractivity contribution in [1.29, 1.82) is 0 Å². The zero-order chi connectivity index (χ0) is 26.6. The van der Waals surface area contributed by atoms with Gasteiger partial charge in [-0.3, -0.25) is 4.79 Å². The maximum absolute atomic E-state index is 12.8. The van der Waals surface area contributed by atoms with Gasteiger partial charge in [-0.15, -0.1) is 0 Å². The second kappa shape index (κ2) is 10.8. The van der Waals surface area contributed by atoms with Gasteiger partial charge in [0.1, 0.15) is 0 Å². The van der Waals surface area contributed by atoms with Gasteiger partial charge < -0.3 is 9.13 Å². The van der Waals surface area contributed by atoms with Gasteiger partial charge in [-0.25, -0.2) is 5.43 Å². The minimum atomic E-state index is -0.246. The van der Waals surface area contributed by atoms with Gasteiger partial charge in [0.2, 0.25) is 0 Å². The van der Waals surface area contributed by atoms with Crippen LogP contribution in [0.4, 0.5) is 0 Å². The standard InChI is InChI=1S/C33H32N4O/c1-5-26-12-16-30(17-13-26)36-24(3)21-29(25(36)4)22-34-35-33(38)28-14-18-31(19-15-28)37-23(2)11-20-32(37)27-9-7-6-8-10-27/h6-22H,5H2,1-4H3,(H,35,38)/b34-22+. The average Bonchev–Trinajstić information content (AvgIpc) is 3.47. The molecule has 0 spiro atoms. The van der Waals surface area contributed by atoms with E-state index in [0.717, 1.165) is 51.7 Å². The minimum absolute atomic E-state index is 0.246. The van der Waals surface area contributed by atoms with Crippen LogP contribution in [0.25, 0.3) is 22.6 Å². The van der Waals surface area contributed by atoms with Gasteiger partial charge in [-0.2, -0.15) is 5.10 Å². The number of hydrogen-bond acceptors (Lipinski definition) is 2. The van der Waals surface area contributed by atoms with Crippen LogP contribution in [0.1, 0.15) is 45.5 Å². The topological polar surface area (TPSA) is 51.3 Å². The molecule has 0 unspecified atom stereocenters. The van der Waals surface area contributed by atoms with Crippen molar-refractivity contribution >= 4 is 12.1 Å². The monoisotopic (exact) mass is 500 g/mol. The number of nitrogens with one attached hydrogen (secondary N) is 1. The number of benzene rings is 3. The summed E-state index contributed by atoms with van der Waals surface area (Å²) in [5.41, 5.74) is 13.2. The second-order valence-corrected chi connectivity index (χ2v) is 9.49. The van der Waals surface area contributed by atoms with Gasteiger partial charge >= 0.3 is 0 Å². The molecule has 5 aromatic rings. The number of hydrazone groups is 1. The fourth-order valence-electron chi connectivity index (χ4n) is 4.90. The third kappa shape index (κ3) is 4.96. The molecule has 0 aliphatic rings. The molecule has 5 rings (SSSR count). The molecule has 0 saturated heterocycles. The van der Waals surface area contributed by atoms with Crippen molar-refractivity contribution in [3.05, 3.63) is 131 Å². The lowest BCUT2D eigenvalue weighted by Crippen LogP contribution is -2.17. The van der Waals surface area contributed by atoms with Gasteiger partial charge in [-0.1, -0.05) is 49.4 Å². The number of amides is 1. The molecule has 0 bridgehead atoms. The lowest BCUT2D eigenvalue weighted by atomic mass is 10.1. The summed E-state index contributed by atoms with van der Waals surface area (Å²) in [6.45, 7) is 8.38. The first-order valence-corrected chi connectivity index (χ1v) is 12.9. The third-order valence-corrected chi connectivity index (χ3v) is 6.98. The van der Waals surface area contributed by atoms with Crippen LogP contribution in [0.5, 0.6) is 0 Å². The van der Waals surface area contributed by atoms with Crippen LogP contribution in [0.15, 0.2) is 102 Å². The summed E-state index contributed by atoms with van der Waals surface area (Å²) in [7, 11) is 0. The summed E-state index contributed by atoms with van der Waals surface area (Å²) >= 11 is 0. The van der Waals surface area contributed by atoms with Crippen LogP contribution in [-0.4, -0.2) is 21.3 Å². The molecule has 0 fully saturated rings. The first kappa shape index (κ1) is 25.0. The van der Waals surface area contributed by atoms with E-state index in [1.807, 2.05) is 42.5 Å². The van der Waals surface area contributed by atoms with Gasteiger partial charge in [0.05, 0.1) is 11.9 Å². The third-order valence-electron chi connectivity index (χ3n) is 6.98. The molecule has 2 aromatic heterocycles. The zero-order valence-corrected chi connectivity index (χ0v) is 22.3. The molecule has 5 nitrogen and oxygen atoms in total. The highest BCUT2D eigenvalue weighted by Gasteiger charge is 2.12. The lowest BCUT2D eigenvalue weighted by Gasteiger charge is -2.12. The van der Waals surface area contributed by atoms with E-state index in [1.165, 1.54) is 5.56 Å². The van der Waals surface area contributed by atoms with Crippen molar-refractivity contribution in [2.45, 2.75) is 34.1 Å². The van der Waals surface area contributed by atoms with Crippen molar-refractivity contribution < 1.29 is 4.79 Å². The van der Waals surface area contributed by atoms with E-state index in [1.54, 1.807) is 6.21 Å². The summed E-state index contributed by atoms with van der Waals surface area (Å²) < 4.78 is 4.40. The Morgan fingerprint density at radius 3 is 2.13 bits per heavy atom. The number of carbonyl (C=O) groups excluding carboxylic acids is 1. The Labute approximate surface area is 224 Å². The molecule has 2 heterocycles. The lowest BCUT2D eigenvalue weighted by molar-refractivity contribution is 0.0955. The summed E-state index contributed by atoms with van der Waals surface area (Å²) in [6, 6.07) is 32.8. The highest BCUT2D eigenvalue weighted by Crippen LogP contribution is 2.26. The van der Waals surface area contributed by atoms with E-state index in [4.69, 9.17) is 0 Å². The van der Waals surface area contributed by atoms with Crippen molar-refractivity contribution in [2.24, 2.45) is 5.10 Å². The fraction of sp³-hybridized carbons (Fsp3) is 0.152. The van der Waals surface area contributed by atoms with Crippen LogP contribution >= 0.6 is 0 Å². The Bertz CT molecular complexity index is 1590. The molecule has 1 N–H and O–H groups in total. The Morgan fingerprint density at radius 1 is 0.789 bits per heavy atom. The number of carbonyl (C=O) groups is 1. The Morgan fingerprint density at radius 2 is 1.45 bits per heavy atom. The molecule has 1 amide bonds. The zero-order valence-electron chi connectivity index (χ0n) is 22.3. The normalized spacial score (nSPS) is 11.3. The van der Waals surface area contributed by atoms with Crippen molar-refractivity contribution in [2.75, 3.05) is 0 Å².